The molecule has 2 N–H and O–H groups in total. The van der Waals surface area contributed by atoms with Gasteiger partial charge in [0.05, 0.1) is 25.8 Å². The van der Waals surface area contributed by atoms with E-state index in [4.69, 9.17) is 25.8 Å². The minimum Gasteiger partial charge on any atom is -0.497 e. The van der Waals surface area contributed by atoms with Crippen molar-refractivity contribution in [2.24, 2.45) is 0 Å². The number of halogens is 1. The largest absolute Gasteiger partial charge is 0.497 e. The van der Waals surface area contributed by atoms with Crippen LogP contribution < -0.4 is 19.5 Å². The summed E-state index contributed by atoms with van der Waals surface area (Å²) in [5, 5.41) is 2.80. The predicted octanol–water partition coefficient (Wildman–Crippen LogP) is 3.02. The number of ether oxygens (including phenoxy) is 3. The van der Waals surface area contributed by atoms with Gasteiger partial charge in [-0.05, 0) is 43.3 Å². The van der Waals surface area contributed by atoms with Gasteiger partial charge in [0.1, 0.15) is 18.8 Å². The van der Waals surface area contributed by atoms with Crippen LogP contribution in [0.1, 0.15) is 18.1 Å². The van der Waals surface area contributed by atoms with Crippen LogP contribution in [0.15, 0.2) is 36.4 Å². The van der Waals surface area contributed by atoms with E-state index in [9.17, 15) is 0 Å². The Labute approximate surface area is 142 Å². The first kappa shape index (κ1) is 17.4. The van der Waals surface area contributed by atoms with Crippen LogP contribution in [-0.2, 0) is 13.1 Å². The maximum absolute atomic E-state index is 6.29. The van der Waals surface area contributed by atoms with E-state index in [1.807, 2.05) is 31.2 Å². The van der Waals surface area contributed by atoms with Gasteiger partial charge in [-0.15, -0.1) is 0 Å². The van der Waals surface area contributed by atoms with E-state index >= 15 is 0 Å². The SMILES string of the molecule is CCOc1c(Cl)cc(C[NH2+]Cc2ccc(OC)cc2)cc1OC. The molecule has 0 aliphatic heterocycles. The molecule has 124 valence electrons. The normalized spacial score (nSPS) is 10.4. The maximum Gasteiger partial charge on any atom is 0.179 e. The highest BCUT2D eigenvalue weighted by molar-refractivity contribution is 6.32. The third-order valence-corrected chi connectivity index (χ3v) is 3.78. The Morgan fingerprint density at radius 3 is 2.26 bits per heavy atom. The second-order valence-corrected chi connectivity index (χ2v) is 5.49. The lowest BCUT2D eigenvalue weighted by Gasteiger charge is -2.12. The molecule has 0 aromatic heterocycles. The Balaban J connectivity index is 1.98. The summed E-state index contributed by atoms with van der Waals surface area (Å²) in [5.41, 5.74) is 2.35. The smallest absolute Gasteiger partial charge is 0.179 e. The Bertz CT molecular complexity index is 629. The second-order valence-electron chi connectivity index (χ2n) is 5.09. The summed E-state index contributed by atoms with van der Waals surface area (Å²) in [6, 6.07) is 12.0. The first-order valence-electron chi connectivity index (χ1n) is 7.61. The van der Waals surface area contributed by atoms with Crippen molar-refractivity contribution in [3.05, 3.63) is 52.5 Å². The van der Waals surface area contributed by atoms with Gasteiger partial charge in [0.15, 0.2) is 11.5 Å². The van der Waals surface area contributed by atoms with Crippen LogP contribution in [0.4, 0.5) is 0 Å². The molecule has 0 bridgehead atoms. The maximum atomic E-state index is 6.29. The van der Waals surface area contributed by atoms with Gasteiger partial charge in [-0.2, -0.15) is 0 Å². The minimum absolute atomic E-state index is 0.555. The molecule has 0 spiro atoms. The van der Waals surface area contributed by atoms with Crippen LogP contribution in [0.25, 0.3) is 0 Å². The van der Waals surface area contributed by atoms with Crippen LogP contribution in [0.3, 0.4) is 0 Å². The van der Waals surface area contributed by atoms with Gasteiger partial charge in [-0.3, -0.25) is 0 Å². The molecule has 4 nitrogen and oxygen atoms in total. The average Bonchev–Trinajstić information content (AvgIpc) is 2.57. The van der Waals surface area contributed by atoms with Crippen LogP contribution >= 0.6 is 11.6 Å². The number of hydrogen-bond donors (Lipinski definition) is 1. The van der Waals surface area contributed by atoms with Gasteiger partial charge in [0.2, 0.25) is 0 Å². The van der Waals surface area contributed by atoms with E-state index in [1.165, 1.54) is 5.56 Å². The molecule has 0 amide bonds. The van der Waals surface area contributed by atoms with Crippen LogP contribution in [0.5, 0.6) is 17.2 Å². The van der Waals surface area contributed by atoms with Crippen LogP contribution in [-0.4, -0.2) is 20.8 Å². The van der Waals surface area contributed by atoms with E-state index in [0.717, 1.165) is 24.4 Å². The van der Waals surface area contributed by atoms with Crippen molar-refractivity contribution in [3.63, 3.8) is 0 Å². The Hall–Kier alpha value is -1.91. The fraction of sp³-hybridized carbons (Fsp3) is 0.333. The molecule has 0 atom stereocenters. The van der Waals surface area contributed by atoms with Crippen LogP contribution in [0.2, 0.25) is 5.02 Å². The number of hydrogen-bond acceptors (Lipinski definition) is 3. The van der Waals surface area contributed by atoms with Gasteiger partial charge in [0, 0.05) is 11.1 Å². The highest BCUT2D eigenvalue weighted by Crippen LogP contribution is 2.36. The number of quaternary nitrogens is 1. The zero-order valence-corrected chi connectivity index (χ0v) is 14.5. The number of rotatable bonds is 8. The van der Waals surface area contributed by atoms with Crippen molar-refractivity contribution in [2.45, 2.75) is 20.0 Å². The first-order chi connectivity index (χ1) is 11.2. The Kier molecular flexibility index (Phi) is 6.56. The van der Waals surface area contributed by atoms with Gasteiger partial charge in [0.25, 0.3) is 0 Å². The molecule has 2 rings (SSSR count). The summed E-state index contributed by atoms with van der Waals surface area (Å²) in [6.07, 6.45) is 0. The summed E-state index contributed by atoms with van der Waals surface area (Å²) in [5.74, 6) is 2.15. The van der Waals surface area contributed by atoms with E-state index < -0.39 is 0 Å². The molecular formula is C18H23ClNO3+. The molecule has 0 aliphatic rings. The summed E-state index contributed by atoms with van der Waals surface area (Å²) in [6.45, 7) is 4.18. The lowest BCUT2D eigenvalue weighted by molar-refractivity contribution is -0.686. The van der Waals surface area contributed by atoms with Crippen LogP contribution in [0, 0.1) is 0 Å². The molecular weight excluding hydrogens is 314 g/mol. The van der Waals surface area contributed by atoms with Crippen molar-refractivity contribution >= 4 is 11.6 Å². The molecule has 0 saturated carbocycles. The van der Waals surface area contributed by atoms with E-state index in [1.54, 1.807) is 14.2 Å². The number of benzene rings is 2. The molecule has 0 unspecified atom stereocenters. The summed E-state index contributed by atoms with van der Waals surface area (Å²) < 4.78 is 16.1. The van der Waals surface area contributed by atoms with Crippen molar-refractivity contribution in [1.82, 2.24) is 0 Å². The molecule has 0 fully saturated rings. The Morgan fingerprint density at radius 1 is 0.957 bits per heavy atom. The zero-order valence-electron chi connectivity index (χ0n) is 13.8. The number of methoxy groups -OCH3 is 2. The van der Waals surface area contributed by atoms with Crippen molar-refractivity contribution in [1.29, 1.82) is 0 Å². The fourth-order valence-corrected chi connectivity index (χ4v) is 2.63. The average molecular weight is 337 g/mol. The molecule has 23 heavy (non-hydrogen) atoms. The molecule has 0 radical (unpaired) electrons. The quantitative estimate of drug-likeness (QED) is 0.806. The monoisotopic (exact) mass is 336 g/mol. The lowest BCUT2D eigenvalue weighted by atomic mass is 10.1. The molecule has 2 aromatic rings. The lowest BCUT2D eigenvalue weighted by Crippen LogP contribution is -2.80. The third kappa shape index (κ3) is 4.78. The topological polar surface area (TPSA) is 44.3 Å². The van der Waals surface area contributed by atoms with E-state index in [0.29, 0.717) is 23.1 Å². The van der Waals surface area contributed by atoms with Gasteiger partial charge in [-0.1, -0.05) is 11.6 Å². The zero-order chi connectivity index (χ0) is 16.7. The van der Waals surface area contributed by atoms with E-state index in [2.05, 4.69) is 17.4 Å². The summed E-state index contributed by atoms with van der Waals surface area (Å²) in [7, 11) is 3.29. The molecule has 2 aromatic carbocycles. The van der Waals surface area contributed by atoms with Crippen molar-refractivity contribution < 1.29 is 19.5 Å². The van der Waals surface area contributed by atoms with Crippen molar-refractivity contribution in [2.75, 3.05) is 20.8 Å². The summed E-state index contributed by atoms with van der Waals surface area (Å²) in [4.78, 5) is 0. The highest BCUT2D eigenvalue weighted by atomic mass is 35.5. The number of nitrogens with two attached hydrogens (primary N) is 1. The second kappa shape index (κ2) is 8.65. The van der Waals surface area contributed by atoms with Gasteiger partial charge >= 0.3 is 0 Å². The fourth-order valence-electron chi connectivity index (χ4n) is 2.34. The predicted molar refractivity (Wildman–Crippen MR) is 91.5 cm³/mol. The highest BCUT2D eigenvalue weighted by Gasteiger charge is 2.12. The summed E-state index contributed by atoms with van der Waals surface area (Å²) >= 11 is 6.29. The van der Waals surface area contributed by atoms with E-state index in [-0.39, 0.29) is 0 Å². The van der Waals surface area contributed by atoms with Crippen molar-refractivity contribution in [3.8, 4) is 17.2 Å². The molecule has 5 heteroatoms. The molecule has 0 saturated heterocycles. The molecule has 0 aliphatic carbocycles. The standard InChI is InChI=1S/C18H22ClNO3/c1-4-23-18-16(19)9-14(10-17(18)22-3)12-20-11-13-5-7-15(21-2)8-6-13/h5-10,20H,4,11-12H2,1-3H3/p+1. The first-order valence-corrected chi connectivity index (χ1v) is 7.99. The Morgan fingerprint density at radius 2 is 1.65 bits per heavy atom. The van der Waals surface area contributed by atoms with Gasteiger partial charge < -0.3 is 19.5 Å². The van der Waals surface area contributed by atoms with Gasteiger partial charge in [-0.25, -0.2) is 0 Å². The molecule has 0 heterocycles. The third-order valence-electron chi connectivity index (χ3n) is 3.50. The minimum atomic E-state index is 0.555.